The molecule has 0 heterocycles. The van der Waals surface area contributed by atoms with Crippen molar-refractivity contribution in [3.63, 3.8) is 0 Å². The van der Waals surface area contributed by atoms with Crippen LogP contribution in [-0.4, -0.2) is 46.4 Å². The Hall–Kier alpha value is -3.21. The van der Waals surface area contributed by atoms with Crippen LogP contribution in [0.1, 0.15) is 35.3 Å². The maximum absolute atomic E-state index is 12.7. The molecule has 1 N–H and O–H groups in total. The van der Waals surface area contributed by atoms with Gasteiger partial charge in [-0.2, -0.15) is 4.31 Å². The summed E-state index contributed by atoms with van der Waals surface area (Å²) in [6.07, 6.45) is 1.15. The van der Waals surface area contributed by atoms with Crippen molar-refractivity contribution in [1.82, 2.24) is 4.31 Å². The summed E-state index contributed by atoms with van der Waals surface area (Å²) in [6, 6.07) is 19.9. The van der Waals surface area contributed by atoms with Gasteiger partial charge in [-0.1, -0.05) is 38.1 Å². The molecule has 3 aromatic carbocycles. The molecule has 0 radical (unpaired) electrons. The Bertz CT molecular complexity index is 1420. The van der Waals surface area contributed by atoms with Crippen molar-refractivity contribution in [3.05, 3.63) is 89.5 Å². The van der Waals surface area contributed by atoms with E-state index in [1.54, 1.807) is 38.1 Å². The first-order valence-electron chi connectivity index (χ1n) is 11.5. The molecule has 0 aliphatic carbocycles. The standard InChI is InChI=1S/C26H31N3O5S2/c1-5-28(6-2)36(33,34)25-17-13-23(14-18-25)27-26(30)21-11-15-24(16-12-21)29(35(4,31)32)19-22-10-8-7-9-20(22)3/h7-18H,5-6,19H2,1-4H3,(H,27,30). The summed E-state index contributed by atoms with van der Waals surface area (Å²) in [4.78, 5) is 12.9. The van der Waals surface area contributed by atoms with E-state index in [0.29, 0.717) is 30.0 Å². The number of carbonyl (C=O) groups is 1. The van der Waals surface area contributed by atoms with Crippen molar-refractivity contribution in [2.45, 2.75) is 32.2 Å². The molecule has 0 bridgehead atoms. The molecule has 10 heteroatoms. The number of aryl methyl sites for hydroxylation is 1. The molecule has 1 amide bonds. The molecular formula is C26H31N3O5S2. The maximum atomic E-state index is 12.7. The normalized spacial score (nSPS) is 11.9. The number of hydrogen-bond acceptors (Lipinski definition) is 5. The lowest BCUT2D eigenvalue weighted by atomic mass is 10.1. The number of nitrogens with one attached hydrogen (secondary N) is 1. The zero-order chi connectivity index (χ0) is 26.5. The van der Waals surface area contributed by atoms with E-state index in [0.717, 1.165) is 17.4 Å². The highest BCUT2D eigenvalue weighted by molar-refractivity contribution is 7.92. The van der Waals surface area contributed by atoms with E-state index in [2.05, 4.69) is 5.32 Å². The van der Waals surface area contributed by atoms with Gasteiger partial charge in [0.2, 0.25) is 20.0 Å². The average molecular weight is 530 g/mol. The molecule has 3 aromatic rings. The molecule has 3 rings (SSSR count). The number of nitrogens with zero attached hydrogens (tertiary/aromatic N) is 2. The highest BCUT2D eigenvalue weighted by atomic mass is 32.2. The van der Waals surface area contributed by atoms with Gasteiger partial charge in [0.1, 0.15) is 0 Å². The number of hydrogen-bond donors (Lipinski definition) is 1. The van der Waals surface area contributed by atoms with Gasteiger partial charge in [-0.25, -0.2) is 16.8 Å². The summed E-state index contributed by atoms with van der Waals surface area (Å²) < 4.78 is 52.9. The van der Waals surface area contributed by atoms with Gasteiger partial charge in [-0.3, -0.25) is 9.10 Å². The van der Waals surface area contributed by atoms with Gasteiger partial charge in [0.05, 0.1) is 23.4 Å². The first-order chi connectivity index (χ1) is 17.0. The Morgan fingerprint density at radius 1 is 0.833 bits per heavy atom. The highest BCUT2D eigenvalue weighted by Gasteiger charge is 2.22. The third-order valence-corrected chi connectivity index (χ3v) is 9.05. The van der Waals surface area contributed by atoms with Gasteiger partial charge in [0.25, 0.3) is 5.91 Å². The van der Waals surface area contributed by atoms with Crippen LogP contribution in [0, 0.1) is 6.92 Å². The molecule has 0 saturated heterocycles. The van der Waals surface area contributed by atoms with E-state index in [9.17, 15) is 21.6 Å². The van der Waals surface area contributed by atoms with Crippen LogP contribution < -0.4 is 9.62 Å². The summed E-state index contributed by atoms with van der Waals surface area (Å²) in [6.45, 7) is 6.40. The molecule has 0 spiro atoms. The predicted molar refractivity (Wildman–Crippen MR) is 143 cm³/mol. The molecule has 0 aromatic heterocycles. The zero-order valence-electron chi connectivity index (χ0n) is 20.8. The van der Waals surface area contributed by atoms with E-state index in [-0.39, 0.29) is 11.4 Å². The Labute approximate surface area is 213 Å². The van der Waals surface area contributed by atoms with Crippen LogP contribution in [0.2, 0.25) is 0 Å². The fraction of sp³-hybridized carbons (Fsp3) is 0.269. The summed E-state index contributed by atoms with van der Waals surface area (Å²) in [5.41, 5.74) is 3.10. The molecular weight excluding hydrogens is 498 g/mol. The Morgan fingerprint density at radius 3 is 1.94 bits per heavy atom. The number of sulfonamides is 2. The second-order valence-electron chi connectivity index (χ2n) is 8.31. The molecule has 0 saturated carbocycles. The van der Waals surface area contributed by atoms with Crippen LogP contribution in [0.4, 0.5) is 11.4 Å². The lowest BCUT2D eigenvalue weighted by Gasteiger charge is -2.23. The van der Waals surface area contributed by atoms with Crippen molar-refractivity contribution in [1.29, 1.82) is 0 Å². The number of benzene rings is 3. The fourth-order valence-corrected chi connectivity index (χ4v) is 6.08. The molecule has 0 aliphatic rings. The summed E-state index contributed by atoms with van der Waals surface area (Å²) in [5.74, 6) is -0.397. The quantitative estimate of drug-likeness (QED) is 0.423. The Balaban J connectivity index is 1.76. The first kappa shape index (κ1) is 27.4. The van der Waals surface area contributed by atoms with Crippen molar-refractivity contribution < 1.29 is 21.6 Å². The minimum Gasteiger partial charge on any atom is -0.322 e. The summed E-state index contributed by atoms with van der Waals surface area (Å²) in [7, 11) is -7.14. The van der Waals surface area contributed by atoms with Gasteiger partial charge in [-0.05, 0) is 66.6 Å². The predicted octanol–water partition coefficient (Wildman–Crippen LogP) is 4.24. The van der Waals surface area contributed by atoms with Crippen LogP contribution in [0.15, 0.2) is 77.7 Å². The summed E-state index contributed by atoms with van der Waals surface area (Å²) in [5, 5.41) is 2.74. The minimum atomic E-state index is -3.58. The number of amides is 1. The number of carbonyl (C=O) groups excluding carboxylic acids is 1. The smallest absolute Gasteiger partial charge is 0.255 e. The van der Waals surface area contributed by atoms with Crippen molar-refractivity contribution in [2.75, 3.05) is 29.0 Å². The molecule has 36 heavy (non-hydrogen) atoms. The van der Waals surface area contributed by atoms with E-state index in [4.69, 9.17) is 0 Å². The highest BCUT2D eigenvalue weighted by Crippen LogP contribution is 2.23. The van der Waals surface area contributed by atoms with Crippen LogP contribution in [0.3, 0.4) is 0 Å². The number of anilines is 2. The molecule has 192 valence electrons. The molecule has 0 fully saturated rings. The van der Waals surface area contributed by atoms with Crippen LogP contribution in [0.25, 0.3) is 0 Å². The Morgan fingerprint density at radius 2 is 1.42 bits per heavy atom. The van der Waals surface area contributed by atoms with E-state index >= 15 is 0 Å². The second-order valence-corrected chi connectivity index (χ2v) is 12.2. The fourth-order valence-electron chi connectivity index (χ4n) is 3.75. The van der Waals surface area contributed by atoms with Crippen LogP contribution in [-0.2, 0) is 26.6 Å². The Kier molecular flexibility index (Phi) is 8.55. The van der Waals surface area contributed by atoms with E-state index in [1.807, 2.05) is 31.2 Å². The van der Waals surface area contributed by atoms with Crippen molar-refractivity contribution >= 4 is 37.3 Å². The van der Waals surface area contributed by atoms with E-state index in [1.165, 1.54) is 32.9 Å². The van der Waals surface area contributed by atoms with Crippen LogP contribution >= 0.6 is 0 Å². The topological polar surface area (TPSA) is 104 Å². The van der Waals surface area contributed by atoms with Gasteiger partial charge in [-0.15, -0.1) is 0 Å². The lowest BCUT2D eigenvalue weighted by Crippen LogP contribution is -2.30. The van der Waals surface area contributed by atoms with Gasteiger partial charge >= 0.3 is 0 Å². The molecule has 8 nitrogen and oxygen atoms in total. The molecule has 0 aliphatic heterocycles. The second kappa shape index (κ2) is 11.2. The average Bonchev–Trinajstić information content (AvgIpc) is 2.84. The third kappa shape index (κ3) is 6.31. The molecule has 0 atom stereocenters. The summed E-state index contributed by atoms with van der Waals surface area (Å²) >= 11 is 0. The molecule has 0 unspecified atom stereocenters. The first-order valence-corrected chi connectivity index (χ1v) is 14.8. The largest absolute Gasteiger partial charge is 0.322 e. The van der Waals surface area contributed by atoms with Gasteiger partial charge in [0, 0.05) is 24.3 Å². The maximum Gasteiger partial charge on any atom is 0.255 e. The number of rotatable bonds is 10. The minimum absolute atomic E-state index is 0.156. The van der Waals surface area contributed by atoms with E-state index < -0.39 is 26.0 Å². The third-order valence-electron chi connectivity index (χ3n) is 5.85. The monoisotopic (exact) mass is 529 g/mol. The zero-order valence-corrected chi connectivity index (χ0v) is 22.4. The van der Waals surface area contributed by atoms with Gasteiger partial charge in [0.15, 0.2) is 0 Å². The van der Waals surface area contributed by atoms with Crippen molar-refractivity contribution in [2.24, 2.45) is 0 Å². The van der Waals surface area contributed by atoms with Gasteiger partial charge < -0.3 is 5.32 Å². The lowest BCUT2D eigenvalue weighted by molar-refractivity contribution is 0.102. The van der Waals surface area contributed by atoms with Crippen molar-refractivity contribution in [3.8, 4) is 0 Å². The SMILES string of the molecule is CCN(CC)S(=O)(=O)c1ccc(NC(=O)c2ccc(N(Cc3ccccc3C)S(C)(=O)=O)cc2)cc1. The van der Waals surface area contributed by atoms with Crippen LogP contribution in [0.5, 0.6) is 0 Å².